The van der Waals surface area contributed by atoms with Crippen molar-refractivity contribution in [2.75, 3.05) is 19.5 Å². The summed E-state index contributed by atoms with van der Waals surface area (Å²) < 4.78 is 30.6. The van der Waals surface area contributed by atoms with Crippen molar-refractivity contribution in [3.63, 3.8) is 0 Å². The second kappa shape index (κ2) is 4.60. The van der Waals surface area contributed by atoms with Crippen LogP contribution >= 0.6 is 0 Å². The Balaban J connectivity index is 2.10. The Morgan fingerprint density at radius 3 is 2.38 bits per heavy atom. The number of piperidine rings is 1. The van der Waals surface area contributed by atoms with E-state index in [4.69, 9.17) is 4.74 Å². The summed E-state index contributed by atoms with van der Waals surface area (Å²) in [6.45, 7) is 0.237. The molecule has 0 aliphatic carbocycles. The zero-order chi connectivity index (χ0) is 11.8. The quantitative estimate of drug-likeness (QED) is 0.758. The number of aliphatic hydroxyl groups is 1. The fraction of sp³-hybridized carbons (Fsp3) is 1.00. The summed E-state index contributed by atoms with van der Waals surface area (Å²) in [4.78, 5) is 0. The molecule has 2 rings (SSSR count). The number of sulfonamides is 1. The van der Waals surface area contributed by atoms with Crippen molar-refractivity contribution in [1.29, 1.82) is 0 Å². The molecule has 0 amide bonds. The Hall–Kier alpha value is -0.170. The van der Waals surface area contributed by atoms with Gasteiger partial charge in [-0.25, -0.2) is 8.42 Å². The highest BCUT2D eigenvalue weighted by Gasteiger charge is 2.45. The standard InChI is InChI=1S/C10H19NO4S/c1-15-4-5-16(13,14)11-8-2-3-9(11)7-10(12)6-8/h8-10,12H,2-7H2,1H3. The van der Waals surface area contributed by atoms with Gasteiger partial charge in [0.25, 0.3) is 0 Å². The monoisotopic (exact) mass is 249 g/mol. The van der Waals surface area contributed by atoms with Crippen LogP contribution in [0.3, 0.4) is 0 Å². The number of methoxy groups -OCH3 is 1. The summed E-state index contributed by atoms with van der Waals surface area (Å²) in [5, 5.41) is 9.60. The maximum atomic E-state index is 12.1. The van der Waals surface area contributed by atoms with Crippen LogP contribution in [0.2, 0.25) is 0 Å². The lowest BCUT2D eigenvalue weighted by atomic mass is 10.0. The number of hydrogen-bond donors (Lipinski definition) is 1. The minimum Gasteiger partial charge on any atom is -0.393 e. The highest BCUT2D eigenvalue weighted by Crippen LogP contribution is 2.37. The lowest BCUT2D eigenvalue weighted by Gasteiger charge is -2.35. The molecule has 2 aliphatic heterocycles. The molecule has 0 aromatic carbocycles. The van der Waals surface area contributed by atoms with Crippen molar-refractivity contribution in [3.8, 4) is 0 Å². The Bertz CT molecular complexity index is 329. The van der Waals surface area contributed by atoms with Gasteiger partial charge in [0.1, 0.15) is 0 Å². The zero-order valence-electron chi connectivity index (χ0n) is 9.50. The first kappa shape index (κ1) is 12.3. The highest BCUT2D eigenvalue weighted by molar-refractivity contribution is 7.89. The third-order valence-electron chi connectivity index (χ3n) is 3.51. The molecule has 94 valence electrons. The number of hydrogen-bond acceptors (Lipinski definition) is 4. The molecule has 2 fully saturated rings. The van der Waals surface area contributed by atoms with Gasteiger partial charge >= 0.3 is 0 Å². The summed E-state index contributed by atoms with van der Waals surface area (Å²) in [6, 6.07) is 0.0196. The molecule has 0 aromatic rings. The van der Waals surface area contributed by atoms with Crippen LogP contribution < -0.4 is 0 Å². The van der Waals surface area contributed by atoms with Gasteiger partial charge in [-0.1, -0.05) is 0 Å². The molecule has 2 bridgehead atoms. The van der Waals surface area contributed by atoms with Gasteiger partial charge in [0.15, 0.2) is 0 Å². The van der Waals surface area contributed by atoms with Crippen molar-refractivity contribution in [2.45, 2.75) is 43.9 Å². The molecule has 1 N–H and O–H groups in total. The fourth-order valence-corrected chi connectivity index (χ4v) is 4.73. The normalized spacial score (nSPS) is 35.5. The van der Waals surface area contributed by atoms with E-state index in [9.17, 15) is 13.5 Å². The van der Waals surface area contributed by atoms with E-state index in [1.165, 1.54) is 7.11 Å². The predicted molar refractivity (Wildman–Crippen MR) is 59.6 cm³/mol. The summed E-state index contributed by atoms with van der Waals surface area (Å²) in [5.41, 5.74) is 0. The average Bonchev–Trinajstić information content (AvgIpc) is 2.50. The van der Waals surface area contributed by atoms with Crippen LogP contribution in [0.25, 0.3) is 0 Å². The lowest BCUT2D eigenvalue weighted by molar-refractivity contribution is 0.0765. The molecule has 2 unspecified atom stereocenters. The van der Waals surface area contributed by atoms with E-state index in [1.54, 1.807) is 4.31 Å². The van der Waals surface area contributed by atoms with Gasteiger partial charge in [-0.05, 0) is 25.7 Å². The number of fused-ring (bicyclic) bond motifs is 2. The molecule has 2 atom stereocenters. The lowest BCUT2D eigenvalue weighted by Crippen LogP contribution is -2.49. The van der Waals surface area contributed by atoms with E-state index in [-0.39, 0.29) is 30.5 Å². The molecule has 2 aliphatic rings. The van der Waals surface area contributed by atoms with Crippen molar-refractivity contribution in [3.05, 3.63) is 0 Å². The fourth-order valence-electron chi connectivity index (χ4n) is 2.85. The van der Waals surface area contributed by atoms with Crippen LogP contribution in [0.1, 0.15) is 25.7 Å². The Morgan fingerprint density at radius 2 is 1.88 bits per heavy atom. The van der Waals surface area contributed by atoms with Gasteiger partial charge in [0.05, 0.1) is 18.5 Å². The summed E-state index contributed by atoms with van der Waals surface area (Å²) >= 11 is 0. The maximum absolute atomic E-state index is 12.1. The molecule has 16 heavy (non-hydrogen) atoms. The molecule has 2 heterocycles. The first-order chi connectivity index (χ1) is 7.54. The van der Waals surface area contributed by atoms with Crippen LogP contribution in [0.5, 0.6) is 0 Å². The van der Waals surface area contributed by atoms with Gasteiger partial charge in [0, 0.05) is 19.2 Å². The topological polar surface area (TPSA) is 66.8 Å². The zero-order valence-corrected chi connectivity index (χ0v) is 10.3. The Labute approximate surface area is 96.4 Å². The molecule has 0 radical (unpaired) electrons. The van der Waals surface area contributed by atoms with Crippen LogP contribution in [0.4, 0.5) is 0 Å². The molecule has 2 saturated heterocycles. The number of rotatable bonds is 4. The van der Waals surface area contributed by atoms with E-state index in [0.717, 1.165) is 12.8 Å². The minimum absolute atomic E-state index is 0.00982. The van der Waals surface area contributed by atoms with Crippen molar-refractivity contribution >= 4 is 10.0 Å². The SMILES string of the molecule is COCCS(=O)(=O)N1C2CCC1CC(O)C2. The molecule has 0 saturated carbocycles. The second-order valence-corrected chi connectivity index (χ2v) is 6.64. The summed E-state index contributed by atoms with van der Waals surface area (Å²) in [5.74, 6) is 0.0482. The largest absolute Gasteiger partial charge is 0.393 e. The van der Waals surface area contributed by atoms with E-state index in [2.05, 4.69) is 0 Å². The smallest absolute Gasteiger partial charge is 0.216 e. The van der Waals surface area contributed by atoms with E-state index >= 15 is 0 Å². The van der Waals surface area contributed by atoms with E-state index in [0.29, 0.717) is 12.8 Å². The van der Waals surface area contributed by atoms with Crippen LogP contribution in [-0.4, -0.2) is 55.5 Å². The second-order valence-electron chi connectivity index (χ2n) is 4.65. The highest BCUT2D eigenvalue weighted by atomic mass is 32.2. The Morgan fingerprint density at radius 1 is 1.31 bits per heavy atom. The third-order valence-corrected chi connectivity index (χ3v) is 5.43. The third kappa shape index (κ3) is 2.25. The molecular formula is C10H19NO4S. The molecular weight excluding hydrogens is 230 g/mol. The molecule has 0 spiro atoms. The summed E-state index contributed by atoms with van der Waals surface area (Å²) in [6.07, 6.45) is 2.61. The molecule has 0 aromatic heterocycles. The minimum atomic E-state index is -3.21. The summed E-state index contributed by atoms with van der Waals surface area (Å²) in [7, 11) is -1.70. The van der Waals surface area contributed by atoms with Crippen molar-refractivity contribution in [1.82, 2.24) is 4.31 Å². The molecule has 5 nitrogen and oxygen atoms in total. The van der Waals surface area contributed by atoms with Crippen molar-refractivity contribution in [2.24, 2.45) is 0 Å². The number of nitrogens with zero attached hydrogens (tertiary/aromatic N) is 1. The van der Waals surface area contributed by atoms with Gasteiger partial charge < -0.3 is 9.84 Å². The molecule has 6 heteroatoms. The van der Waals surface area contributed by atoms with Gasteiger partial charge in [0.2, 0.25) is 10.0 Å². The van der Waals surface area contributed by atoms with Gasteiger partial charge in [-0.15, -0.1) is 0 Å². The number of aliphatic hydroxyl groups excluding tert-OH is 1. The number of ether oxygens (including phenoxy) is 1. The van der Waals surface area contributed by atoms with Gasteiger partial charge in [-0.2, -0.15) is 4.31 Å². The van der Waals surface area contributed by atoms with Crippen molar-refractivity contribution < 1.29 is 18.3 Å². The average molecular weight is 249 g/mol. The van der Waals surface area contributed by atoms with E-state index in [1.807, 2.05) is 0 Å². The first-order valence-electron chi connectivity index (χ1n) is 5.73. The first-order valence-corrected chi connectivity index (χ1v) is 7.33. The van der Waals surface area contributed by atoms with Crippen LogP contribution in [0, 0.1) is 0 Å². The maximum Gasteiger partial charge on any atom is 0.216 e. The van der Waals surface area contributed by atoms with Crippen LogP contribution in [0.15, 0.2) is 0 Å². The van der Waals surface area contributed by atoms with E-state index < -0.39 is 10.0 Å². The van der Waals surface area contributed by atoms with Crippen LogP contribution in [-0.2, 0) is 14.8 Å². The van der Waals surface area contributed by atoms with Gasteiger partial charge in [-0.3, -0.25) is 0 Å². The predicted octanol–water partition coefficient (Wildman–Crippen LogP) is -0.0497. The Kier molecular flexibility index (Phi) is 3.53.